The van der Waals surface area contributed by atoms with Gasteiger partial charge in [-0.2, -0.15) is 11.8 Å². The van der Waals surface area contributed by atoms with Gasteiger partial charge in [-0.1, -0.05) is 24.3 Å². The zero-order valence-corrected chi connectivity index (χ0v) is 20.5. The van der Waals surface area contributed by atoms with Crippen molar-refractivity contribution in [2.45, 2.75) is 24.9 Å². The lowest BCUT2D eigenvalue weighted by Gasteiger charge is -2.18. The minimum absolute atomic E-state index is 0.105. The quantitative estimate of drug-likeness (QED) is 0.331. The Bertz CT molecular complexity index is 1120. The molecule has 11 heteroatoms. The lowest BCUT2D eigenvalue weighted by atomic mass is 10.1. The molecule has 2 atom stereocenters. The van der Waals surface area contributed by atoms with Gasteiger partial charge in [0.15, 0.2) is 0 Å². The van der Waals surface area contributed by atoms with Crippen LogP contribution in [0.25, 0.3) is 6.08 Å². The van der Waals surface area contributed by atoms with E-state index in [-0.39, 0.29) is 6.42 Å². The van der Waals surface area contributed by atoms with Gasteiger partial charge in [-0.05, 0) is 71.7 Å². The Morgan fingerprint density at radius 1 is 1.14 bits per heavy atom. The molecule has 0 radical (unpaired) electrons. The molecule has 1 aliphatic rings. The summed E-state index contributed by atoms with van der Waals surface area (Å²) < 4.78 is 5.82. The van der Waals surface area contributed by atoms with E-state index in [0.717, 1.165) is 17.3 Å². The Morgan fingerprint density at radius 2 is 1.77 bits per heavy atom. The number of hydrogen-bond acceptors (Lipinski definition) is 8. The van der Waals surface area contributed by atoms with Crippen LogP contribution in [0, 0.1) is 0 Å². The zero-order chi connectivity index (χ0) is 25.4. The van der Waals surface area contributed by atoms with Crippen molar-refractivity contribution in [3.8, 4) is 11.5 Å². The van der Waals surface area contributed by atoms with Crippen molar-refractivity contribution in [3.63, 3.8) is 0 Å². The Hall–Kier alpha value is -3.28. The number of carboxylic acid groups (broad SMARTS) is 1. The van der Waals surface area contributed by atoms with Crippen LogP contribution in [0.5, 0.6) is 11.5 Å². The Morgan fingerprint density at radius 3 is 2.31 bits per heavy atom. The van der Waals surface area contributed by atoms with E-state index in [9.17, 15) is 24.3 Å². The summed E-state index contributed by atoms with van der Waals surface area (Å²) in [5.41, 5.74) is 7.29. The predicted molar refractivity (Wildman–Crippen MR) is 136 cm³/mol. The number of nitrogens with two attached hydrogens (primary N) is 1. The number of thioether (sulfide) groups is 2. The van der Waals surface area contributed by atoms with E-state index in [2.05, 4.69) is 10.6 Å². The monoisotopic (exact) mass is 515 g/mol. The minimum Gasteiger partial charge on any atom is -0.480 e. The number of aliphatic carboxylic acids is 1. The number of ether oxygens (including phenoxy) is 1. The number of nitrogens with one attached hydrogen (secondary N) is 2. The first kappa shape index (κ1) is 26.3. The number of carbonyl (C=O) groups excluding carboxylic acids is 3. The summed E-state index contributed by atoms with van der Waals surface area (Å²) in [7, 11) is 0. The van der Waals surface area contributed by atoms with Gasteiger partial charge in [0.25, 0.3) is 11.1 Å². The summed E-state index contributed by atoms with van der Waals surface area (Å²) in [6.45, 7) is 0. The molecule has 5 N–H and O–H groups in total. The van der Waals surface area contributed by atoms with Crippen LogP contribution in [0.15, 0.2) is 53.4 Å². The second-order valence-electron chi connectivity index (χ2n) is 7.66. The van der Waals surface area contributed by atoms with E-state index >= 15 is 0 Å². The summed E-state index contributed by atoms with van der Waals surface area (Å²) in [6, 6.07) is 12.0. The van der Waals surface area contributed by atoms with E-state index in [4.69, 9.17) is 10.5 Å². The molecule has 0 aliphatic carbocycles. The lowest BCUT2D eigenvalue weighted by Crippen LogP contribution is -2.49. The Kier molecular flexibility index (Phi) is 9.35. The first-order valence-corrected chi connectivity index (χ1v) is 12.9. The summed E-state index contributed by atoms with van der Waals surface area (Å²) in [6.07, 6.45) is 4.11. The van der Waals surface area contributed by atoms with Gasteiger partial charge in [0, 0.05) is 6.42 Å². The first-order valence-electron chi connectivity index (χ1n) is 10.6. The van der Waals surface area contributed by atoms with Crippen LogP contribution >= 0.6 is 23.5 Å². The van der Waals surface area contributed by atoms with Crippen molar-refractivity contribution < 1.29 is 29.0 Å². The number of imide groups is 1. The number of carbonyl (C=O) groups is 4. The molecule has 35 heavy (non-hydrogen) atoms. The first-order chi connectivity index (χ1) is 16.7. The Labute approximate surface area is 210 Å². The number of benzene rings is 2. The van der Waals surface area contributed by atoms with Crippen molar-refractivity contribution in [3.05, 3.63) is 64.6 Å². The predicted octanol–water partition coefficient (Wildman–Crippen LogP) is 3.00. The maximum absolute atomic E-state index is 12.2. The highest BCUT2D eigenvalue weighted by molar-refractivity contribution is 8.18. The van der Waals surface area contributed by atoms with E-state index in [0.29, 0.717) is 34.1 Å². The molecule has 0 bridgehead atoms. The van der Waals surface area contributed by atoms with Gasteiger partial charge in [-0.25, -0.2) is 4.79 Å². The van der Waals surface area contributed by atoms with Gasteiger partial charge < -0.3 is 20.9 Å². The maximum Gasteiger partial charge on any atom is 0.326 e. The molecule has 1 fully saturated rings. The fraction of sp³-hybridized carbons (Fsp3) is 0.250. The van der Waals surface area contributed by atoms with Crippen LogP contribution in [-0.4, -0.2) is 52.2 Å². The van der Waals surface area contributed by atoms with Crippen molar-refractivity contribution in [1.29, 1.82) is 0 Å². The van der Waals surface area contributed by atoms with Crippen molar-refractivity contribution in [1.82, 2.24) is 10.6 Å². The van der Waals surface area contributed by atoms with Gasteiger partial charge in [-0.15, -0.1) is 0 Å². The molecule has 1 saturated heterocycles. The molecule has 3 amide bonds. The summed E-state index contributed by atoms with van der Waals surface area (Å²) in [4.78, 5) is 47.0. The zero-order valence-electron chi connectivity index (χ0n) is 18.9. The summed E-state index contributed by atoms with van der Waals surface area (Å²) in [5.74, 6) is -0.206. The molecule has 0 aromatic heterocycles. The fourth-order valence-corrected chi connectivity index (χ4v) is 4.30. The van der Waals surface area contributed by atoms with E-state index in [1.54, 1.807) is 66.4 Å². The second-order valence-corrected chi connectivity index (χ2v) is 9.66. The van der Waals surface area contributed by atoms with Crippen LogP contribution in [0.4, 0.5) is 4.79 Å². The normalized spacial score (nSPS) is 16.0. The molecular weight excluding hydrogens is 490 g/mol. The van der Waals surface area contributed by atoms with Crippen molar-refractivity contribution >= 4 is 52.6 Å². The summed E-state index contributed by atoms with van der Waals surface area (Å²) >= 11 is 2.42. The van der Waals surface area contributed by atoms with E-state index < -0.39 is 35.1 Å². The molecule has 0 saturated carbocycles. The van der Waals surface area contributed by atoms with Gasteiger partial charge in [-0.3, -0.25) is 19.7 Å². The van der Waals surface area contributed by atoms with Crippen molar-refractivity contribution in [2.75, 3.05) is 12.0 Å². The number of carboxylic acids is 1. The van der Waals surface area contributed by atoms with Gasteiger partial charge in [0.1, 0.15) is 17.5 Å². The maximum atomic E-state index is 12.2. The number of amides is 3. The smallest absolute Gasteiger partial charge is 0.326 e. The van der Waals surface area contributed by atoms with Gasteiger partial charge >= 0.3 is 5.97 Å². The van der Waals surface area contributed by atoms with Crippen LogP contribution in [-0.2, 0) is 20.8 Å². The highest BCUT2D eigenvalue weighted by atomic mass is 32.2. The van der Waals surface area contributed by atoms with E-state index in [1.165, 1.54) is 0 Å². The molecule has 184 valence electrons. The molecule has 3 rings (SSSR count). The molecule has 2 unspecified atom stereocenters. The SMILES string of the molecule is CSCCC(N)C(=O)NC(Cc1ccc(Oc2ccc(/C=C3/SC(=O)NC3=O)cc2)cc1)C(=O)O. The standard InChI is InChI=1S/C24H25N3O6S2/c1-34-11-10-18(25)21(28)26-19(23(30)31)12-14-2-6-16(7-3-14)33-17-8-4-15(5-9-17)13-20-22(29)27-24(32)35-20/h2-9,13,18-19H,10-12,25H2,1H3,(H,26,28)(H,30,31)(H,27,29,32)/b20-13+. The average Bonchev–Trinajstić information content (AvgIpc) is 3.15. The third kappa shape index (κ3) is 7.88. The van der Waals surface area contributed by atoms with E-state index in [1.807, 2.05) is 6.26 Å². The third-order valence-corrected chi connectivity index (χ3v) is 6.46. The van der Waals surface area contributed by atoms with Crippen LogP contribution in [0.2, 0.25) is 0 Å². The van der Waals surface area contributed by atoms with Crippen LogP contribution in [0.1, 0.15) is 17.5 Å². The van der Waals surface area contributed by atoms with Gasteiger partial charge in [0.2, 0.25) is 5.91 Å². The molecule has 2 aromatic rings. The third-order valence-electron chi connectivity index (χ3n) is 5.00. The highest BCUT2D eigenvalue weighted by Gasteiger charge is 2.25. The molecule has 9 nitrogen and oxygen atoms in total. The van der Waals surface area contributed by atoms with Crippen molar-refractivity contribution in [2.24, 2.45) is 5.73 Å². The minimum atomic E-state index is -1.14. The molecular formula is C24H25N3O6S2. The summed E-state index contributed by atoms with van der Waals surface area (Å²) in [5, 5.41) is 13.8. The molecule has 2 aromatic carbocycles. The average molecular weight is 516 g/mol. The molecule has 0 spiro atoms. The largest absolute Gasteiger partial charge is 0.480 e. The Balaban J connectivity index is 1.57. The second kappa shape index (κ2) is 12.4. The highest BCUT2D eigenvalue weighted by Crippen LogP contribution is 2.27. The molecule has 1 heterocycles. The van der Waals surface area contributed by atoms with Crippen LogP contribution < -0.4 is 21.1 Å². The number of rotatable bonds is 11. The van der Waals surface area contributed by atoms with Gasteiger partial charge in [0.05, 0.1) is 10.9 Å². The fourth-order valence-electron chi connectivity index (χ4n) is 3.12. The molecule has 1 aliphatic heterocycles. The lowest BCUT2D eigenvalue weighted by molar-refractivity contribution is -0.142. The topological polar surface area (TPSA) is 148 Å². The van der Waals surface area contributed by atoms with Crippen LogP contribution in [0.3, 0.4) is 0 Å². The number of hydrogen-bond donors (Lipinski definition) is 4.